The largest absolute Gasteiger partial charge is 0.396 e. The van der Waals surface area contributed by atoms with Crippen LogP contribution in [0.2, 0.25) is 5.02 Å². The van der Waals surface area contributed by atoms with Gasteiger partial charge in [0.25, 0.3) is 0 Å². The Kier molecular flexibility index (Phi) is 8.01. The Morgan fingerprint density at radius 3 is 2.69 bits per heavy atom. The SMILES string of the molecule is Cc1c(Cl)cccc1CC(=O)CC(CCO)c1nnc(CCC2CCCCC2)n1C1CC1. The summed E-state index contributed by atoms with van der Waals surface area (Å²) in [4.78, 5) is 13.0. The van der Waals surface area contributed by atoms with Gasteiger partial charge in [-0.3, -0.25) is 4.79 Å². The number of rotatable bonds is 11. The molecule has 2 aromatic rings. The van der Waals surface area contributed by atoms with Crippen LogP contribution in [0.4, 0.5) is 0 Å². The Bertz CT molecular complexity index is 916. The summed E-state index contributed by atoms with van der Waals surface area (Å²) in [5.74, 6) is 2.85. The molecule has 1 atom stereocenters. The van der Waals surface area contributed by atoms with Crippen LogP contribution in [-0.2, 0) is 17.6 Å². The molecule has 1 N–H and O–H groups in total. The van der Waals surface area contributed by atoms with Crippen molar-refractivity contribution in [1.29, 1.82) is 0 Å². The van der Waals surface area contributed by atoms with Gasteiger partial charge >= 0.3 is 0 Å². The fourth-order valence-electron chi connectivity index (χ4n) is 5.21. The lowest BCUT2D eigenvalue weighted by atomic mass is 9.86. The van der Waals surface area contributed by atoms with E-state index >= 15 is 0 Å². The van der Waals surface area contributed by atoms with Gasteiger partial charge < -0.3 is 9.67 Å². The van der Waals surface area contributed by atoms with Crippen molar-refractivity contribution in [2.45, 2.75) is 95.9 Å². The summed E-state index contributed by atoms with van der Waals surface area (Å²) in [6.45, 7) is 2.00. The van der Waals surface area contributed by atoms with Crippen molar-refractivity contribution in [3.8, 4) is 0 Å². The van der Waals surface area contributed by atoms with E-state index in [1.54, 1.807) is 0 Å². The van der Waals surface area contributed by atoms with Crippen LogP contribution in [0.3, 0.4) is 0 Å². The quantitative estimate of drug-likeness (QED) is 0.466. The Morgan fingerprint density at radius 2 is 1.97 bits per heavy atom. The van der Waals surface area contributed by atoms with E-state index in [1.807, 2.05) is 25.1 Å². The zero-order valence-corrected chi connectivity index (χ0v) is 20.0. The Labute approximate surface area is 196 Å². The number of carbonyl (C=O) groups excluding carboxylic acids is 1. The fourth-order valence-corrected chi connectivity index (χ4v) is 5.40. The number of aromatic nitrogens is 3. The highest BCUT2D eigenvalue weighted by molar-refractivity contribution is 6.31. The number of hydrogen-bond acceptors (Lipinski definition) is 4. The second-order valence-electron chi connectivity index (χ2n) is 9.77. The molecule has 32 heavy (non-hydrogen) atoms. The number of aliphatic hydroxyl groups is 1. The van der Waals surface area contributed by atoms with Gasteiger partial charge in [-0.25, -0.2) is 0 Å². The first-order valence-electron chi connectivity index (χ1n) is 12.4. The molecule has 1 aromatic heterocycles. The van der Waals surface area contributed by atoms with Gasteiger partial charge in [0.05, 0.1) is 0 Å². The number of carbonyl (C=O) groups is 1. The zero-order valence-electron chi connectivity index (χ0n) is 19.2. The van der Waals surface area contributed by atoms with E-state index in [0.717, 1.165) is 48.0 Å². The van der Waals surface area contributed by atoms with Crippen molar-refractivity contribution >= 4 is 17.4 Å². The molecule has 2 saturated carbocycles. The van der Waals surface area contributed by atoms with Crippen LogP contribution in [0.25, 0.3) is 0 Å². The molecule has 5 nitrogen and oxygen atoms in total. The smallest absolute Gasteiger partial charge is 0.138 e. The maximum Gasteiger partial charge on any atom is 0.138 e. The molecular formula is C26H36ClN3O2. The minimum absolute atomic E-state index is 0.0447. The van der Waals surface area contributed by atoms with Crippen LogP contribution in [-0.4, -0.2) is 32.3 Å². The third kappa shape index (κ3) is 5.79. The highest BCUT2D eigenvalue weighted by Gasteiger charge is 2.33. The molecular weight excluding hydrogens is 422 g/mol. The molecule has 0 radical (unpaired) electrons. The summed E-state index contributed by atoms with van der Waals surface area (Å²) in [5.41, 5.74) is 1.94. The summed E-state index contributed by atoms with van der Waals surface area (Å²) >= 11 is 6.23. The molecule has 2 aliphatic rings. The average molecular weight is 458 g/mol. The third-order valence-electron chi connectivity index (χ3n) is 7.29. The van der Waals surface area contributed by atoms with E-state index in [-0.39, 0.29) is 18.3 Å². The normalized spacial score (nSPS) is 18.1. The monoisotopic (exact) mass is 457 g/mol. The molecule has 6 heteroatoms. The minimum atomic E-state index is -0.0940. The number of Topliss-reactive ketones (excluding diaryl/α,β-unsaturated/α-hetero) is 1. The van der Waals surface area contributed by atoms with E-state index < -0.39 is 0 Å². The third-order valence-corrected chi connectivity index (χ3v) is 7.70. The molecule has 0 aliphatic heterocycles. The molecule has 0 amide bonds. The number of aryl methyl sites for hydroxylation is 1. The van der Waals surface area contributed by atoms with Crippen LogP contribution in [0.5, 0.6) is 0 Å². The van der Waals surface area contributed by atoms with Gasteiger partial charge in [-0.1, -0.05) is 55.8 Å². The number of ketones is 1. The van der Waals surface area contributed by atoms with Crippen LogP contribution in [0.1, 0.15) is 98.9 Å². The predicted octanol–water partition coefficient (Wildman–Crippen LogP) is 5.76. The summed E-state index contributed by atoms with van der Waals surface area (Å²) in [6.07, 6.45) is 12.5. The van der Waals surface area contributed by atoms with Gasteiger partial charge in [0, 0.05) is 42.9 Å². The molecule has 0 spiro atoms. The van der Waals surface area contributed by atoms with E-state index in [0.29, 0.717) is 30.3 Å². The van der Waals surface area contributed by atoms with Gasteiger partial charge in [-0.15, -0.1) is 10.2 Å². The van der Waals surface area contributed by atoms with Crippen molar-refractivity contribution in [2.24, 2.45) is 5.92 Å². The molecule has 1 aromatic carbocycles. The summed E-state index contributed by atoms with van der Waals surface area (Å²) in [6, 6.07) is 6.18. The maximum atomic E-state index is 13.0. The number of nitrogens with zero attached hydrogens (tertiary/aromatic N) is 3. The van der Waals surface area contributed by atoms with Gasteiger partial charge in [0.1, 0.15) is 17.4 Å². The molecule has 1 unspecified atom stereocenters. The lowest BCUT2D eigenvalue weighted by Gasteiger charge is -2.21. The van der Waals surface area contributed by atoms with E-state index in [2.05, 4.69) is 14.8 Å². The van der Waals surface area contributed by atoms with E-state index in [9.17, 15) is 9.90 Å². The van der Waals surface area contributed by atoms with Crippen molar-refractivity contribution in [3.05, 3.63) is 46.0 Å². The van der Waals surface area contributed by atoms with Crippen LogP contribution in [0.15, 0.2) is 18.2 Å². The lowest BCUT2D eigenvalue weighted by molar-refractivity contribution is -0.118. The highest BCUT2D eigenvalue weighted by atomic mass is 35.5. The fraction of sp³-hybridized carbons (Fsp3) is 0.654. The van der Waals surface area contributed by atoms with Crippen molar-refractivity contribution in [3.63, 3.8) is 0 Å². The van der Waals surface area contributed by atoms with E-state index in [1.165, 1.54) is 38.5 Å². The minimum Gasteiger partial charge on any atom is -0.396 e. The first kappa shape index (κ1) is 23.4. The second-order valence-corrected chi connectivity index (χ2v) is 10.2. The molecule has 0 saturated heterocycles. The average Bonchev–Trinajstić information content (AvgIpc) is 3.54. The highest BCUT2D eigenvalue weighted by Crippen LogP contribution is 2.40. The van der Waals surface area contributed by atoms with Gasteiger partial charge in [0.15, 0.2) is 0 Å². The van der Waals surface area contributed by atoms with Crippen molar-refractivity contribution < 1.29 is 9.90 Å². The standard InChI is InChI=1S/C26H36ClN3O2/c1-18-20(8-5-9-24(18)27)16-23(32)17-21(14-15-31)26-29-28-25(30(26)22-11-12-22)13-10-19-6-3-2-4-7-19/h5,8-9,19,21-22,31H,2-4,6-7,10-17H2,1H3. The Hall–Kier alpha value is -1.72. The summed E-state index contributed by atoms with van der Waals surface area (Å²) < 4.78 is 2.32. The van der Waals surface area contributed by atoms with Crippen LogP contribution in [0, 0.1) is 12.8 Å². The Balaban J connectivity index is 1.47. The van der Waals surface area contributed by atoms with E-state index in [4.69, 9.17) is 11.6 Å². The lowest BCUT2D eigenvalue weighted by Crippen LogP contribution is -2.17. The van der Waals surface area contributed by atoms with Crippen LogP contribution < -0.4 is 0 Å². The number of hydrogen-bond donors (Lipinski definition) is 1. The molecule has 0 bridgehead atoms. The molecule has 4 rings (SSSR count). The zero-order chi connectivity index (χ0) is 22.5. The molecule has 2 aliphatic carbocycles. The molecule has 2 fully saturated rings. The summed E-state index contributed by atoms with van der Waals surface area (Å²) in [7, 11) is 0. The number of aliphatic hydroxyl groups excluding tert-OH is 1. The number of benzene rings is 1. The van der Waals surface area contributed by atoms with Crippen molar-refractivity contribution in [1.82, 2.24) is 14.8 Å². The maximum absolute atomic E-state index is 13.0. The van der Waals surface area contributed by atoms with Gasteiger partial charge in [-0.2, -0.15) is 0 Å². The number of halogens is 1. The van der Waals surface area contributed by atoms with Gasteiger partial charge in [0.2, 0.25) is 0 Å². The topological polar surface area (TPSA) is 68.0 Å². The molecule has 1 heterocycles. The van der Waals surface area contributed by atoms with Crippen LogP contribution >= 0.6 is 11.6 Å². The first-order valence-corrected chi connectivity index (χ1v) is 12.7. The second kappa shape index (κ2) is 10.9. The molecule has 174 valence electrons. The van der Waals surface area contributed by atoms with Gasteiger partial charge in [-0.05, 0) is 55.7 Å². The Morgan fingerprint density at radius 1 is 1.19 bits per heavy atom. The summed E-state index contributed by atoms with van der Waals surface area (Å²) in [5, 5.41) is 19.6. The van der Waals surface area contributed by atoms with Crippen molar-refractivity contribution in [2.75, 3.05) is 6.61 Å². The predicted molar refractivity (Wildman–Crippen MR) is 127 cm³/mol. The first-order chi connectivity index (χ1) is 15.6.